The third-order valence-corrected chi connectivity index (χ3v) is 5.03. The molecule has 0 radical (unpaired) electrons. The largest absolute Gasteiger partial charge is 0.467 e. The monoisotopic (exact) mass is 412 g/mol. The van der Waals surface area contributed by atoms with Crippen LogP contribution in [0.25, 0.3) is 17.0 Å². The van der Waals surface area contributed by atoms with Crippen molar-refractivity contribution in [2.24, 2.45) is 5.92 Å². The number of esters is 1. The van der Waals surface area contributed by atoms with Gasteiger partial charge in [0.1, 0.15) is 17.5 Å². The quantitative estimate of drug-likeness (QED) is 0.638. The number of fused-ring (bicyclic) bond motifs is 1. The molecule has 3 heterocycles. The minimum Gasteiger partial charge on any atom is -0.467 e. The Bertz CT molecular complexity index is 1080. The van der Waals surface area contributed by atoms with E-state index in [0.717, 1.165) is 0 Å². The van der Waals surface area contributed by atoms with Crippen molar-refractivity contribution in [2.75, 3.05) is 7.11 Å². The molecule has 1 aliphatic carbocycles. The molecule has 0 saturated heterocycles. The minimum absolute atomic E-state index is 0.181. The van der Waals surface area contributed by atoms with Crippen molar-refractivity contribution >= 4 is 23.2 Å². The molecule has 2 atom stereocenters. The number of methoxy groups -OCH3 is 1. The number of carbonyl (C=O) groups excluding carboxylic acids is 2. The summed E-state index contributed by atoms with van der Waals surface area (Å²) in [4.78, 5) is 37.9. The first-order valence-electron chi connectivity index (χ1n) is 9.62. The Morgan fingerprint density at radius 1 is 1.23 bits per heavy atom. The summed E-state index contributed by atoms with van der Waals surface area (Å²) in [5.41, 5.74) is -0.489. The molecule has 1 amide bonds. The summed E-state index contributed by atoms with van der Waals surface area (Å²) in [6, 6.07) is 3.81. The molecule has 10 heteroatoms. The Hall–Kier alpha value is -3.43. The van der Waals surface area contributed by atoms with Crippen LogP contribution in [-0.4, -0.2) is 54.4 Å². The van der Waals surface area contributed by atoms with Gasteiger partial charge in [-0.05, 0) is 39.3 Å². The molecule has 4 rings (SSSR count). The van der Waals surface area contributed by atoms with Crippen LogP contribution in [0.15, 0.2) is 37.2 Å². The smallest absolute Gasteiger partial charge is 0.408 e. The maximum Gasteiger partial charge on any atom is 0.408 e. The van der Waals surface area contributed by atoms with E-state index in [1.54, 1.807) is 27.1 Å². The standard InChI is InChI=1S/C20H24N6O4/c1-19(2,3)30-18(28)24-20(17(27)29-4)9-13(20)10-26-12-23-14-15(21-11-22-16(14)26)25-7-5-6-8-25/h5-8,11-13H,9-10H2,1-4H3,(H,24,28)/t13-,20-/m0/s1. The number of rotatable bonds is 5. The fourth-order valence-corrected chi connectivity index (χ4v) is 3.58. The molecule has 3 aromatic rings. The molecule has 0 bridgehead atoms. The highest BCUT2D eigenvalue weighted by molar-refractivity contribution is 5.89. The van der Waals surface area contributed by atoms with Crippen molar-refractivity contribution < 1.29 is 19.1 Å². The summed E-state index contributed by atoms with van der Waals surface area (Å²) in [5, 5.41) is 2.71. The number of nitrogens with one attached hydrogen (secondary N) is 1. The van der Waals surface area contributed by atoms with Gasteiger partial charge in [0.05, 0.1) is 13.4 Å². The van der Waals surface area contributed by atoms with Gasteiger partial charge in [-0.15, -0.1) is 0 Å². The van der Waals surface area contributed by atoms with Gasteiger partial charge in [0.15, 0.2) is 17.0 Å². The molecule has 1 saturated carbocycles. The van der Waals surface area contributed by atoms with Crippen LogP contribution >= 0.6 is 0 Å². The topological polar surface area (TPSA) is 113 Å². The van der Waals surface area contributed by atoms with E-state index in [9.17, 15) is 9.59 Å². The van der Waals surface area contributed by atoms with Crippen molar-refractivity contribution in [2.45, 2.75) is 44.9 Å². The molecule has 0 aromatic carbocycles. The first kappa shape index (κ1) is 19.9. The zero-order valence-electron chi connectivity index (χ0n) is 17.3. The number of aromatic nitrogens is 5. The SMILES string of the molecule is COC(=O)[C@]1(NC(=O)OC(C)(C)C)C[C@H]1Cn1cnc2c(-n3cccc3)ncnc21. The van der Waals surface area contributed by atoms with Crippen molar-refractivity contribution in [1.82, 2.24) is 29.4 Å². The maximum atomic E-state index is 12.5. The van der Waals surface area contributed by atoms with E-state index in [1.807, 2.05) is 33.7 Å². The number of imidazole rings is 1. The Labute approximate surface area is 173 Å². The molecule has 0 unspecified atom stereocenters. The van der Waals surface area contributed by atoms with Crippen molar-refractivity contribution in [1.29, 1.82) is 0 Å². The molecular weight excluding hydrogens is 388 g/mol. The van der Waals surface area contributed by atoms with Gasteiger partial charge in [-0.25, -0.2) is 24.5 Å². The molecule has 10 nitrogen and oxygen atoms in total. The zero-order chi connectivity index (χ0) is 21.5. The van der Waals surface area contributed by atoms with Gasteiger partial charge >= 0.3 is 12.1 Å². The Morgan fingerprint density at radius 3 is 2.63 bits per heavy atom. The fourth-order valence-electron chi connectivity index (χ4n) is 3.58. The molecule has 1 fully saturated rings. The number of ether oxygens (including phenoxy) is 2. The lowest BCUT2D eigenvalue weighted by Crippen LogP contribution is -2.48. The lowest BCUT2D eigenvalue weighted by Gasteiger charge is -2.23. The summed E-state index contributed by atoms with van der Waals surface area (Å²) in [5.74, 6) is -0.00374. The van der Waals surface area contributed by atoms with Gasteiger partial charge in [0.2, 0.25) is 0 Å². The first-order chi connectivity index (χ1) is 14.2. The number of nitrogens with zero attached hydrogens (tertiary/aromatic N) is 5. The molecule has 3 aromatic heterocycles. The Morgan fingerprint density at radius 2 is 1.97 bits per heavy atom. The number of hydrogen-bond donors (Lipinski definition) is 1. The van der Waals surface area contributed by atoms with Crippen LogP contribution in [0, 0.1) is 5.92 Å². The van der Waals surface area contributed by atoms with Crippen LogP contribution in [0.2, 0.25) is 0 Å². The lowest BCUT2D eigenvalue weighted by molar-refractivity contribution is -0.145. The maximum absolute atomic E-state index is 12.5. The van der Waals surface area contributed by atoms with Crippen molar-refractivity contribution in [3.63, 3.8) is 0 Å². The predicted molar refractivity (Wildman–Crippen MR) is 107 cm³/mol. The van der Waals surface area contributed by atoms with E-state index in [-0.39, 0.29) is 5.92 Å². The lowest BCUT2D eigenvalue weighted by atomic mass is 10.2. The predicted octanol–water partition coefficient (Wildman–Crippen LogP) is 2.07. The fraction of sp³-hybridized carbons (Fsp3) is 0.450. The van der Waals surface area contributed by atoms with Crippen LogP contribution in [0.5, 0.6) is 0 Å². The van der Waals surface area contributed by atoms with Gasteiger partial charge in [0.25, 0.3) is 0 Å². The van der Waals surface area contributed by atoms with E-state index in [2.05, 4.69) is 20.3 Å². The molecule has 30 heavy (non-hydrogen) atoms. The third kappa shape index (κ3) is 3.60. The number of carbonyl (C=O) groups is 2. The molecule has 0 spiro atoms. The average Bonchev–Trinajstić information content (AvgIpc) is 3.05. The van der Waals surface area contributed by atoms with E-state index < -0.39 is 23.2 Å². The van der Waals surface area contributed by atoms with Crippen LogP contribution in [0.3, 0.4) is 0 Å². The third-order valence-electron chi connectivity index (χ3n) is 5.03. The van der Waals surface area contributed by atoms with Crippen molar-refractivity contribution in [3.05, 3.63) is 37.2 Å². The first-order valence-corrected chi connectivity index (χ1v) is 9.62. The highest BCUT2D eigenvalue weighted by Gasteiger charge is 2.63. The molecule has 1 aliphatic rings. The second-order valence-electron chi connectivity index (χ2n) is 8.35. The van der Waals surface area contributed by atoms with Gasteiger partial charge < -0.3 is 23.9 Å². The van der Waals surface area contributed by atoms with E-state index >= 15 is 0 Å². The second-order valence-corrected chi connectivity index (χ2v) is 8.35. The van der Waals surface area contributed by atoms with Gasteiger partial charge in [-0.1, -0.05) is 0 Å². The minimum atomic E-state index is -1.12. The van der Waals surface area contributed by atoms with Crippen LogP contribution in [0.4, 0.5) is 4.79 Å². The Balaban J connectivity index is 1.57. The van der Waals surface area contributed by atoms with E-state index in [1.165, 1.54) is 13.4 Å². The number of amides is 1. The van der Waals surface area contributed by atoms with Crippen LogP contribution in [0.1, 0.15) is 27.2 Å². The average molecular weight is 412 g/mol. The van der Waals surface area contributed by atoms with Gasteiger partial charge in [0, 0.05) is 24.9 Å². The summed E-state index contributed by atoms with van der Waals surface area (Å²) in [6.45, 7) is 5.73. The zero-order valence-corrected chi connectivity index (χ0v) is 17.3. The van der Waals surface area contributed by atoms with Gasteiger partial charge in [-0.3, -0.25) is 0 Å². The molecule has 158 valence electrons. The summed E-state index contributed by atoms with van der Waals surface area (Å²) < 4.78 is 14.0. The molecule has 0 aliphatic heterocycles. The van der Waals surface area contributed by atoms with Crippen LogP contribution < -0.4 is 5.32 Å². The highest BCUT2D eigenvalue weighted by atomic mass is 16.6. The highest BCUT2D eigenvalue weighted by Crippen LogP contribution is 2.46. The molecule has 1 N–H and O–H groups in total. The van der Waals surface area contributed by atoms with Crippen molar-refractivity contribution in [3.8, 4) is 5.82 Å². The summed E-state index contributed by atoms with van der Waals surface area (Å²) in [6.07, 6.45) is 6.70. The number of hydrogen-bond acceptors (Lipinski definition) is 7. The number of alkyl carbamates (subject to hydrolysis) is 1. The second kappa shape index (κ2) is 7.12. The normalized spacial score (nSPS) is 20.7. The van der Waals surface area contributed by atoms with E-state index in [0.29, 0.717) is 29.9 Å². The van der Waals surface area contributed by atoms with E-state index in [4.69, 9.17) is 9.47 Å². The summed E-state index contributed by atoms with van der Waals surface area (Å²) >= 11 is 0. The summed E-state index contributed by atoms with van der Waals surface area (Å²) in [7, 11) is 1.30. The molecular formula is C20H24N6O4. The van der Waals surface area contributed by atoms with Gasteiger partial charge in [-0.2, -0.15) is 0 Å². The van der Waals surface area contributed by atoms with Crippen LogP contribution in [-0.2, 0) is 20.8 Å². The Kier molecular flexibility index (Phi) is 4.71.